The first-order valence-corrected chi connectivity index (χ1v) is 4.03. The van der Waals surface area contributed by atoms with Crippen LogP contribution in [0, 0.1) is 11.3 Å². The summed E-state index contributed by atoms with van der Waals surface area (Å²) >= 11 is 0. The van der Waals surface area contributed by atoms with Crippen LogP contribution >= 0.6 is 0 Å². The van der Waals surface area contributed by atoms with Crippen LogP contribution in [0.5, 0.6) is 0 Å². The molecule has 62 valence electrons. The highest BCUT2D eigenvalue weighted by atomic mass is 15.2. The van der Waals surface area contributed by atoms with Crippen molar-refractivity contribution >= 4 is 0 Å². The van der Waals surface area contributed by atoms with Crippen LogP contribution in [-0.4, -0.2) is 15.2 Å². The molecule has 0 spiro atoms. The molecule has 4 heteroatoms. The Morgan fingerprint density at radius 3 is 3.00 bits per heavy atom. The number of nitriles is 1. The number of nitrogens with zero attached hydrogens (tertiary/aromatic N) is 3. The fraction of sp³-hybridized carbons (Fsp3) is 0.625. The fourth-order valence-corrected chi connectivity index (χ4v) is 1.13. The van der Waals surface area contributed by atoms with Crippen LogP contribution in [-0.2, 0) is 11.8 Å². The third-order valence-corrected chi connectivity index (χ3v) is 2.32. The Kier molecular flexibility index (Phi) is 1.40. The van der Waals surface area contributed by atoms with Crippen LogP contribution in [0.25, 0.3) is 0 Å². The molecular weight excluding hydrogens is 152 g/mol. The zero-order valence-electron chi connectivity index (χ0n) is 6.96. The van der Waals surface area contributed by atoms with Crippen molar-refractivity contribution in [2.24, 2.45) is 0 Å². The minimum absolute atomic E-state index is 0.199. The Morgan fingerprint density at radius 2 is 2.42 bits per heavy atom. The van der Waals surface area contributed by atoms with Gasteiger partial charge in [-0.25, -0.2) is 4.98 Å². The number of hydrogen-bond donors (Lipinski definition) is 1. The monoisotopic (exact) mass is 162 g/mol. The topological polar surface area (TPSA) is 65.4 Å². The molecule has 0 bridgehead atoms. The molecule has 0 saturated heterocycles. The third kappa shape index (κ3) is 1.07. The van der Waals surface area contributed by atoms with E-state index in [1.807, 2.05) is 6.07 Å². The number of nitrogens with one attached hydrogen (secondary N) is 1. The quantitative estimate of drug-likeness (QED) is 0.703. The van der Waals surface area contributed by atoms with E-state index in [-0.39, 0.29) is 5.41 Å². The summed E-state index contributed by atoms with van der Waals surface area (Å²) in [6, 6.07) is 2.04. The van der Waals surface area contributed by atoms with Crippen molar-refractivity contribution in [1.29, 1.82) is 5.26 Å². The number of rotatable bonds is 2. The molecule has 4 nitrogen and oxygen atoms in total. The normalized spacial score (nSPS) is 18.7. The van der Waals surface area contributed by atoms with Gasteiger partial charge in [0.2, 0.25) is 0 Å². The molecular formula is C8H10N4. The van der Waals surface area contributed by atoms with E-state index in [2.05, 4.69) is 22.1 Å². The summed E-state index contributed by atoms with van der Waals surface area (Å²) in [5.41, 5.74) is 0.199. The highest BCUT2D eigenvalue weighted by Crippen LogP contribution is 2.45. The molecule has 1 aromatic heterocycles. The van der Waals surface area contributed by atoms with Crippen molar-refractivity contribution in [2.75, 3.05) is 0 Å². The van der Waals surface area contributed by atoms with E-state index in [4.69, 9.17) is 5.26 Å². The van der Waals surface area contributed by atoms with Crippen LogP contribution in [0.3, 0.4) is 0 Å². The maximum Gasteiger partial charge on any atom is 0.156 e. The van der Waals surface area contributed by atoms with Crippen molar-refractivity contribution in [2.45, 2.75) is 31.6 Å². The Balaban J connectivity index is 2.20. The lowest BCUT2D eigenvalue weighted by Gasteiger charge is -1.97. The summed E-state index contributed by atoms with van der Waals surface area (Å²) < 4.78 is 0. The third-order valence-electron chi connectivity index (χ3n) is 2.32. The van der Waals surface area contributed by atoms with Crippen LogP contribution in [0.1, 0.15) is 31.4 Å². The Hall–Kier alpha value is -1.37. The lowest BCUT2D eigenvalue weighted by atomic mass is 10.1. The van der Waals surface area contributed by atoms with Gasteiger partial charge in [-0.15, -0.1) is 0 Å². The van der Waals surface area contributed by atoms with Crippen molar-refractivity contribution in [1.82, 2.24) is 15.2 Å². The van der Waals surface area contributed by atoms with Crippen molar-refractivity contribution < 1.29 is 0 Å². The molecule has 0 aromatic carbocycles. The molecule has 0 unspecified atom stereocenters. The summed E-state index contributed by atoms with van der Waals surface area (Å²) in [6.45, 7) is 2.15. The van der Waals surface area contributed by atoms with Gasteiger partial charge in [0.15, 0.2) is 5.82 Å². The van der Waals surface area contributed by atoms with Crippen LogP contribution in [0.2, 0.25) is 0 Å². The van der Waals surface area contributed by atoms with Crippen LogP contribution in [0.4, 0.5) is 0 Å². The SMILES string of the molecule is CC1(c2n[nH]c(CC#N)n2)CC1. The first kappa shape index (κ1) is 7.29. The standard InChI is InChI=1S/C8H10N4/c1-8(3-4-8)7-10-6(2-5-9)11-12-7/h2-4H2,1H3,(H,10,11,12). The van der Waals surface area contributed by atoms with E-state index in [0.29, 0.717) is 12.2 Å². The van der Waals surface area contributed by atoms with Crippen molar-refractivity contribution in [3.05, 3.63) is 11.6 Å². The molecule has 0 aliphatic heterocycles. The molecule has 0 atom stereocenters. The van der Waals surface area contributed by atoms with Gasteiger partial charge >= 0.3 is 0 Å². The average Bonchev–Trinajstić information content (AvgIpc) is 2.64. The van der Waals surface area contributed by atoms with Gasteiger partial charge in [-0.2, -0.15) is 10.4 Å². The first-order valence-electron chi connectivity index (χ1n) is 4.03. The number of aromatic nitrogens is 3. The van der Waals surface area contributed by atoms with Gasteiger partial charge in [-0.3, -0.25) is 5.10 Å². The minimum Gasteiger partial charge on any atom is -0.262 e. The number of hydrogen-bond acceptors (Lipinski definition) is 3. The zero-order valence-corrected chi connectivity index (χ0v) is 6.96. The van der Waals surface area contributed by atoms with E-state index in [9.17, 15) is 0 Å². The molecule has 0 amide bonds. The largest absolute Gasteiger partial charge is 0.262 e. The maximum absolute atomic E-state index is 8.41. The average molecular weight is 162 g/mol. The Bertz CT molecular complexity index is 329. The smallest absolute Gasteiger partial charge is 0.156 e. The van der Waals surface area contributed by atoms with E-state index >= 15 is 0 Å². The van der Waals surface area contributed by atoms with E-state index in [0.717, 1.165) is 18.7 Å². The summed E-state index contributed by atoms with van der Waals surface area (Å²) in [6.07, 6.45) is 2.65. The number of aromatic amines is 1. The van der Waals surface area contributed by atoms with Gasteiger partial charge in [-0.1, -0.05) is 6.92 Å². The number of H-pyrrole nitrogens is 1. The van der Waals surface area contributed by atoms with Crippen LogP contribution in [0.15, 0.2) is 0 Å². The second kappa shape index (κ2) is 2.31. The molecule has 12 heavy (non-hydrogen) atoms. The van der Waals surface area contributed by atoms with E-state index < -0.39 is 0 Å². The predicted molar refractivity (Wildman–Crippen MR) is 42.3 cm³/mol. The first-order chi connectivity index (χ1) is 5.74. The molecule has 0 radical (unpaired) electrons. The minimum atomic E-state index is 0.199. The molecule has 1 aliphatic carbocycles. The van der Waals surface area contributed by atoms with Crippen molar-refractivity contribution in [3.8, 4) is 6.07 Å². The summed E-state index contributed by atoms with van der Waals surface area (Å²) in [5, 5.41) is 15.3. The lowest BCUT2D eigenvalue weighted by Crippen LogP contribution is -2.02. The maximum atomic E-state index is 8.41. The van der Waals surface area contributed by atoms with E-state index in [1.54, 1.807) is 0 Å². The van der Waals surface area contributed by atoms with Gasteiger partial charge in [0, 0.05) is 5.41 Å². The summed E-state index contributed by atoms with van der Waals surface area (Å²) in [5.74, 6) is 1.55. The van der Waals surface area contributed by atoms with Gasteiger partial charge in [-0.05, 0) is 12.8 Å². The van der Waals surface area contributed by atoms with Gasteiger partial charge in [0.1, 0.15) is 5.82 Å². The predicted octanol–water partition coefficient (Wildman–Crippen LogP) is 0.922. The second-order valence-electron chi connectivity index (χ2n) is 3.50. The molecule has 1 N–H and O–H groups in total. The van der Waals surface area contributed by atoms with Gasteiger partial charge in [0.25, 0.3) is 0 Å². The summed E-state index contributed by atoms with van der Waals surface area (Å²) in [7, 11) is 0. The molecule has 1 fully saturated rings. The molecule has 1 saturated carbocycles. The highest BCUT2D eigenvalue weighted by molar-refractivity contribution is 5.15. The lowest BCUT2D eigenvalue weighted by molar-refractivity contribution is 0.714. The van der Waals surface area contributed by atoms with Crippen LogP contribution < -0.4 is 0 Å². The van der Waals surface area contributed by atoms with Gasteiger partial charge in [0.05, 0.1) is 12.5 Å². The zero-order chi connectivity index (χ0) is 8.60. The summed E-state index contributed by atoms with van der Waals surface area (Å²) in [4.78, 5) is 4.24. The Labute approximate surface area is 70.6 Å². The Morgan fingerprint density at radius 1 is 1.67 bits per heavy atom. The molecule has 1 heterocycles. The highest BCUT2D eigenvalue weighted by Gasteiger charge is 2.42. The van der Waals surface area contributed by atoms with Crippen molar-refractivity contribution in [3.63, 3.8) is 0 Å². The second-order valence-corrected chi connectivity index (χ2v) is 3.50. The fourth-order valence-electron chi connectivity index (χ4n) is 1.13. The molecule has 2 rings (SSSR count). The molecule has 1 aliphatic rings. The molecule has 1 aromatic rings. The van der Waals surface area contributed by atoms with Gasteiger partial charge < -0.3 is 0 Å². The van der Waals surface area contributed by atoms with E-state index in [1.165, 1.54) is 0 Å².